The van der Waals surface area contributed by atoms with Gasteiger partial charge in [-0.1, -0.05) is 103 Å². The molecule has 0 radical (unpaired) electrons. The Bertz CT molecular complexity index is 5150. The van der Waals surface area contributed by atoms with Crippen LogP contribution in [0.2, 0.25) is 0 Å². The standard InChI is InChI=1S/2C32H46N8O5.C27H38N8O2/c1-4-5-6-11-35-30-29-25(36-32(33)37-30)10-13-40(29)21-24-19-23(7-8-26(24)45-3)20-38-14-16-39(17-15-38)28(42)9-12-34-27(41)18-22(2)31(43)44;1-4-5-6-11-34-30-29-25(36-32(33)37-30)10-13-40(29)21-24-19-23(7-8-26(24)45-3)20-38-14-16-39(17-15-38)27(41)9-12-35-31(44)22(2)18-28(42)43;1-4-5-6-10-30-26-25-23(31-27(28)32-26)9-11-35(25)18-22-8-7-21(16-20(22)2)17-33-12-14-34(15-13-33)24(36)19-37-29-3/h7-8,10,13,19,22H,4-6,9,11-12,14-18,20-21H2,1-3H3,(H,34,41)(H,43,44)(H3,33,35,36,37);7-8,10,13,19,22H,4-6,9,11-12,14-18,20-21H2,1-3H3,(H,35,44)(H,42,43)(H3,33,34,36,37);7-9,11,16H,3-6,10,12-15,17-19H2,1-2H3,(H3,28,30,31,32). The third-order valence-electron chi connectivity index (χ3n) is 23.0. The number of hydrogen-bond acceptors (Lipinski definition) is 26. The second kappa shape index (κ2) is 48.9. The molecule has 3 saturated heterocycles. The van der Waals surface area contributed by atoms with Crippen molar-refractivity contribution in [3.05, 3.63) is 130 Å². The van der Waals surface area contributed by atoms with Gasteiger partial charge in [-0.3, -0.25) is 48.3 Å². The van der Waals surface area contributed by atoms with Crippen LogP contribution in [-0.2, 0) is 77.7 Å². The number of aromatic nitrogens is 9. The number of benzene rings is 3. The molecule has 9 aromatic rings. The molecule has 0 spiro atoms. The molecule has 3 aliphatic heterocycles. The monoisotopic (exact) mass is 1750 g/mol. The van der Waals surface area contributed by atoms with Crippen molar-refractivity contribution in [2.24, 2.45) is 17.0 Å². The summed E-state index contributed by atoms with van der Waals surface area (Å²) in [6.45, 7) is 30.5. The summed E-state index contributed by atoms with van der Waals surface area (Å²) in [5.74, 6) is 0.427. The Morgan fingerprint density at radius 1 is 0.457 bits per heavy atom. The van der Waals surface area contributed by atoms with Gasteiger partial charge in [0.15, 0.2) is 24.1 Å². The molecule has 0 aliphatic carbocycles. The topological polar surface area (TPSA) is 450 Å². The number of nitrogens with zero attached hydrogens (tertiary/aromatic N) is 16. The first-order valence-electron chi connectivity index (χ1n) is 44.4. The Morgan fingerprint density at radius 3 is 1.20 bits per heavy atom. The Labute approximate surface area is 743 Å². The van der Waals surface area contributed by atoms with Crippen molar-refractivity contribution >= 4 is 117 Å². The van der Waals surface area contributed by atoms with Gasteiger partial charge in [-0.2, -0.15) is 15.0 Å². The lowest BCUT2D eigenvalue weighted by Gasteiger charge is -2.35. The number of nitrogens with two attached hydrogens (primary N) is 3. The Morgan fingerprint density at radius 2 is 0.835 bits per heavy atom. The van der Waals surface area contributed by atoms with Crippen LogP contribution in [0, 0.1) is 18.8 Å². The number of ether oxygens (including phenoxy) is 2. The normalized spacial score (nSPS) is 14.3. The minimum atomic E-state index is -1.02. The van der Waals surface area contributed by atoms with Crippen LogP contribution in [0.4, 0.5) is 35.3 Å². The zero-order valence-electron chi connectivity index (χ0n) is 75.0. The molecule has 3 fully saturated rings. The molecule has 2 unspecified atom stereocenters. The summed E-state index contributed by atoms with van der Waals surface area (Å²) >= 11 is 0. The van der Waals surface area contributed by atoms with E-state index in [4.69, 9.17) is 41.7 Å². The van der Waals surface area contributed by atoms with E-state index >= 15 is 0 Å². The summed E-state index contributed by atoms with van der Waals surface area (Å²) < 4.78 is 17.9. The first-order valence-corrected chi connectivity index (χ1v) is 44.4. The number of aliphatic carboxylic acids is 2. The number of methoxy groups -OCH3 is 2. The van der Waals surface area contributed by atoms with E-state index in [2.05, 4.69) is 173 Å². The fourth-order valence-electron chi connectivity index (χ4n) is 15.9. The van der Waals surface area contributed by atoms with Gasteiger partial charge in [0.2, 0.25) is 41.5 Å². The molecular weight excluding hydrogens is 1620 g/mol. The highest BCUT2D eigenvalue weighted by Gasteiger charge is 2.28. The van der Waals surface area contributed by atoms with Crippen LogP contribution in [0.1, 0.15) is 157 Å². The zero-order valence-corrected chi connectivity index (χ0v) is 75.0. The van der Waals surface area contributed by atoms with Crippen molar-refractivity contribution in [1.29, 1.82) is 0 Å². The number of piperazine rings is 3. The number of hydrogen-bond donors (Lipinski definition) is 10. The lowest BCUT2D eigenvalue weighted by molar-refractivity contribution is -0.143. The van der Waals surface area contributed by atoms with Crippen LogP contribution in [0.3, 0.4) is 0 Å². The highest BCUT2D eigenvalue weighted by atomic mass is 16.6. The van der Waals surface area contributed by atoms with Crippen LogP contribution < -0.4 is 53.3 Å². The Kier molecular flexibility index (Phi) is 37.2. The molecule has 686 valence electrons. The summed E-state index contributed by atoms with van der Waals surface area (Å²) in [6, 6.07) is 25.1. The number of anilines is 6. The second-order valence-electron chi connectivity index (χ2n) is 32.7. The van der Waals surface area contributed by atoms with Crippen LogP contribution in [-0.4, -0.2) is 263 Å². The number of unbranched alkanes of at least 4 members (excludes halogenated alkanes) is 6. The number of oxime groups is 1. The summed E-state index contributed by atoms with van der Waals surface area (Å²) in [5.41, 5.74) is 31.3. The van der Waals surface area contributed by atoms with Gasteiger partial charge in [-0.15, -0.1) is 5.16 Å². The molecule has 5 amide bonds. The quantitative estimate of drug-likeness (QED) is 0.00966. The van der Waals surface area contributed by atoms with Gasteiger partial charge in [-0.25, -0.2) is 15.0 Å². The van der Waals surface area contributed by atoms with Crippen molar-refractivity contribution in [3.8, 4) is 11.5 Å². The van der Waals surface area contributed by atoms with Gasteiger partial charge in [0, 0.05) is 199 Å². The molecule has 9 heterocycles. The van der Waals surface area contributed by atoms with E-state index in [9.17, 15) is 33.6 Å². The number of nitrogen functional groups attached to an aromatic ring is 3. The number of nitrogens with one attached hydrogen (secondary N) is 5. The van der Waals surface area contributed by atoms with Gasteiger partial charge >= 0.3 is 11.9 Å². The molecule has 13 N–H and O–H groups in total. The highest BCUT2D eigenvalue weighted by Crippen LogP contribution is 2.32. The molecule has 0 saturated carbocycles. The summed E-state index contributed by atoms with van der Waals surface area (Å²) in [7, 11) is 3.35. The number of fused-ring (bicyclic) bond motifs is 3. The predicted molar refractivity (Wildman–Crippen MR) is 493 cm³/mol. The fraction of sp³-hybridized carbons (Fsp3) is 0.516. The van der Waals surface area contributed by atoms with Crippen molar-refractivity contribution < 1.29 is 58.1 Å². The lowest BCUT2D eigenvalue weighted by Crippen LogP contribution is -2.49. The summed E-state index contributed by atoms with van der Waals surface area (Å²) in [5, 5.41) is 36.8. The maximum absolute atomic E-state index is 12.7. The zero-order chi connectivity index (χ0) is 90.9. The molecule has 36 nitrogen and oxygen atoms in total. The first kappa shape index (κ1) is 96.8. The molecule has 12 rings (SSSR count). The SMILES string of the molecule is C=NOCC(=O)N1CCN(Cc2ccc(Cn3ccc4nc(N)nc(NCCCCC)c43)c(C)c2)CC1.CCCCCNc1nc(N)nc2ccn(Cc3cc(CN4CCN(C(=O)CCNC(=O)C(C)CC(=O)O)CC4)ccc3OC)c12.CCCCCNc1nc(N)nc2ccn(Cc3cc(CN4CCN(C(=O)CCNC(=O)CC(C)C(=O)O)CC4)ccc3OC)c12. The van der Waals surface area contributed by atoms with Gasteiger partial charge in [0.1, 0.15) is 28.0 Å². The molecule has 0 bridgehead atoms. The van der Waals surface area contributed by atoms with Crippen molar-refractivity contribution in [3.63, 3.8) is 0 Å². The number of aryl methyl sites for hydroxylation is 1. The van der Waals surface area contributed by atoms with Crippen molar-refractivity contribution in [1.82, 2.24) is 83.6 Å². The van der Waals surface area contributed by atoms with Gasteiger partial charge < -0.3 is 96.7 Å². The minimum absolute atomic E-state index is 0.0168. The third-order valence-corrected chi connectivity index (χ3v) is 23.0. The van der Waals surface area contributed by atoms with Crippen LogP contribution in [0.5, 0.6) is 11.5 Å². The highest BCUT2D eigenvalue weighted by molar-refractivity contribution is 5.90. The Balaban J connectivity index is 0.000000200. The van der Waals surface area contributed by atoms with E-state index < -0.39 is 23.8 Å². The number of carbonyl (C=O) groups excluding carboxylic acids is 5. The van der Waals surface area contributed by atoms with Gasteiger partial charge in [-0.05, 0) is 96.5 Å². The average Bonchev–Trinajstić information content (AvgIpc) is 1.67. The minimum Gasteiger partial charge on any atom is -0.496 e. The van der Waals surface area contributed by atoms with Crippen molar-refractivity contribution in [2.45, 2.75) is 164 Å². The smallest absolute Gasteiger partial charge is 0.306 e. The number of carbonyl (C=O) groups is 7. The molecule has 6 aromatic heterocycles. The molecule has 2 atom stereocenters. The second-order valence-corrected chi connectivity index (χ2v) is 32.7. The molecular formula is C91H130N24O12. The number of carboxylic acids is 2. The van der Waals surface area contributed by atoms with E-state index in [0.717, 1.165) is 214 Å². The van der Waals surface area contributed by atoms with E-state index in [1.807, 2.05) is 57.4 Å². The largest absolute Gasteiger partial charge is 0.496 e. The van der Waals surface area contributed by atoms with Gasteiger partial charge in [0.05, 0.1) is 56.2 Å². The molecule has 3 aliphatic rings. The van der Waals surface area contributed by atoms with Crippen LogP contribution in [0.15, 0.2) is 96.5 Å². The maximum Gasteiger partial charge on any atom is 0.306 e. The molecule has 127 heavy (non-hydrogen) atoms. The number of carboxylic acid groups (broad SMARTS) is 2. The van der Waals surface area contributed by atoms with E-state index in [1.54, 1.807) is 21.1 Å². The first-order chi connectivity index (χ1) is 61.3. The summed E-state index contributed by atoms with van der Waals surface area (Å²) in [4.78, 5) is 127. The third kappa shape index (κ3) is 28.8. The maximum atomic E-state index is 12.7. The van der Waals surface area contributed by atoms with Crippen LogP contribution >= 0.6 is 0 Å². The Hall–Kier alpha value is -12.4. The summed E-state index contributed by atoms with van der Waals surface area (Å²) in [6.07, 6.45) is 16.2. The van der Waals surface area contributed by atoms with E-state index in [-0.39, 0.29) is 92.8 Å². The number of amides is 5. The molecule has 3 aromatic carbocycles. The van der Waals surface area contributed by atoms with Gasteiger partial charge in [0.25, 0.3) is 5.91 Å². The lowest BCUT2D eigenvalue weighted by atomic mass is 10.0. The molecule has 36 heteroatoms. The van der Waals surface area contributed by atoms with E-state index in [1.165, 1.54) is 36.5 Å². The van der Waals surface area contributed by atoms with Crippen LogP contribution in [0.25, 0.3) is 33.1 Å². The fourth-order valence-corrected chi connectivity index (χ4v) is 15.9. The number of rotatable bonds is 44. The predicted octanol–water partition coefficient (Wildman–Crippen LogP) is 9.12. The average molecular weight is 1750 g/mol. The van der Waals surface area contributed by atoms with E-state index in [0.29, 0.717) is 52.4 Å². The van der Waals surface area contributed by atoms with Crippen molar-refractivity contribution in [2.75, 3.05) is 165 Å².